The summed E-state index contributed by atoms with van der Waals surface area (Å²) in [5.74, 6) is -2.92. The highest BCUT2D eigenvalue weighted by atomic mass is 79.9. The molecule has 0 atom stereocenters. The van der Waals surface area contributed by atoms with Gasteiger partial charge in [0.15, 0.2) is 0 Å². The first-order valence-electron chi connectivity index (χ1n) is 12.3. The van der Waals surface area contributed by atoms with Crippen LogP contribution in [0.2, 0.25) is 0 Å². The van der Waals surface area contributed by atoms with E-state index in [1.807, 2.05) is 0 Å². The van der Waals surface area contributed by atoms with Gasteiger partial charge in [-0.2, -0.15) is 17.2 Å². The maximum Gasteiger partial charge on any atom is 0.466 e. The largest absolute Gasteiger partial charge is 0.466 e. The zero-order valence-electron chi connectivity index (χ0n) is 21.1. The van der Waals surface area contributed by atoms with Crippen LogP contribution in [0.3, 0.4) is 0 Å². The molecule has 0 saturated heterocycles. The lowest BCUT2D eigenvalue weighted by molar-refractivity contribution is -0.161. The van der Waals surface area contributed by atoms with Crippen LogP contribution in [-0.4, -0.2) is 31.6 Å². The van der Waals surface area contributed by atoms with E-state index in [4.69, 9.17) is 3.63 Å². The van der Waals surface area contributed by atoms with Gasteiger partial charge in [-0.15, -0.1) is 0 Å². The van der Waals surface area contributed by atoms with Crippen LogP contribution in [0.5, 0.6) is 0 Å². The van der Waals surface area contributed by atoms with Gasteiger partial charge in [0.1, 0.15) is 5.82 Å². The van der Waals surface area contributed by atoms with Crippen LogP contribution in [-0.2, 0) is 34.8 Å². The highest BCUT2D eigenvalue weighted by Crippen LogP contribution is 2.63. The zero-order chi connectivity index (χ0) is 28.4. The lowest BCUT2D eigenvalue weighted by Crippen LogP contribution is -2.41. The summed E-state index contributed by atoms with van der Waals surface area (Å²) in [6, 6.07) is 22.2. The number of hydrogen-bond donors (Lipinski definition) is 0. The number of alkyl halides is 3. The fourth-order valence-corrected chi connectivity index (χ4v) is 9.39. The van der Waals surface area contributed by atoms with Crippen molar-refractivity contribution < 1.29 is 34.7 Å². The average molecular weight is 648 g/mol. The molecule has 3 aromatic rings. The van der Waals surface area contributed by atoms with E-state index in [0.29, 0.717) is 24.0 Å². The molecule has 0 heterocycles. The van der Waals surface area contributed by atoms with Crippen molar-refractivity contribution in [1.29, 1.82) is 0 Å². The first-order valence-corrected chi connectivity index (χ1v) is 16.7. The van der Waals surface area contributed by atoms with Crippen molar-refractivity contribution in [2.45, 2.75) is 47.3 Å². The van der Waals surface area contributed by atoms with Gasteiger partial charge >= 0.3 is 21.3 Å². The van der Waals surface area contributed by atoms with Crippen molar-refractivity contribution in [3.8, 4) is 0 Å². The molecule has 0 radical (unpaired) electrons. The van der Waals surface area contributed by atoms with Crippen molar-refractivity contribution in [2.24, 2.45) is 0 Å². The van der Waals surface area contributed by atoms with E-state index >= 15 is 8.78 Å². The molecule has 0 bridgehead atoms. The fraction of sp³-hybridized carbons (Fsp3) is 0.321. The summed E-state index contributed by atoms with van der Waals surface area (Å²) in [5, 5.41) is -4.15. The van der Waals surface area contributed by atoms with Crippen molar-refractivity contribution in [3.05, 3.63) is 102 Å². The second-order valence-electron chi connectivity index (χ2n) is 8.80. The Morgan fingerprint density at radius 3 is 1.79 bits per heavy atom. The van der Waals surface area contributed by atoms with Gasteiger partial charge in [0, 0.05) is 21.7 Å². The standard InChI is InChI=1S/C28H30BrF3O5S2/c29-19-9-1-2-10-20-36-27(33)28(31,32)39(34,35)37-38(21-23-11-5-3-6-12-23,22-24-13-7-4-8-14-24)26-17-15-25(30)16-18-26/h3-8,11-18H,1-2,9-10,19-22H2. The van der Waals surface area contributed by atoms with Gasteiger partial charge in [-0.05, 0) is 48.2 Å². The number of benzene rings is 3. The molecule has 0 aromatic heterocycles. The second-order valence-corrected chi connectivity index (χ2v) is 14.2. The molecule has 0 N–H and O–H groups in total. The number of rotatable bonds is 15. The maximum absolute atomic E-state index is 15.2. The van der Waals surface area contributed by atoms with E-state index in [9.17, 15) is 17.6 Å². The van der Waals surface area contributed by atoms with Crippen LogP contribution in [0.1, 0.15) is 36.8 Å². The van der Waals surface area contributed by atoms with Crippen LogP contribution >= 0.6 is 26.2 Å². The molecule has 0 spiro atoms. The predicted molar refractivity (Wildman–Crippen MR) is 151 cm³/mol. The first kappa shape index (κ1) is 31.2. The van der Waals surface area contributed by atoms with E-state index in [-0.39, 0.29) is 23.0 Å². The monoisotopic (exact) mass is 646 g/mol. The molecular weight excluding hydrogens is 617 g/mol. The number of carbonyl (C=O) groups excluding carboxylic acids is 1. The smallest absolute Gasteiger partial charge is 0.460 e. The Labute approximate surface area is 237 Å². The summed E-state index contributed by atoms with van der Waals surface area (Å²) in [6.45, 7) is -0.337. The lowest BCUT2D eigenvalue weighted by atomic mass is 10.2. The summed E-state index contributed by atoms with van der Waals surface area (Å²) < 4.78 is 80.7. The quantitative estimate of drug-likeness (QED) is 0.0959. The molecule has 3 rings (SSSR count). The molecule has 11 heteroatoms. The van der Waals surface area contributed by atoms with E-state index in [2.05, 4.69) is 20.7 Å². The molecule has 5 nitrogen and oxygen atoms in total. The zero-order valence-corrected chi connectivity index (χ0v) is 24.3. The van der Waals surface area contributed by atoms with Crippen LogP contribution in [0.15, 0.2) is 89.8 Å². The van der Waals surface area contributed by atoms with E-state index in [1.165, 1.54) is 12.1 Å². The third kappa shape index (κ3) is 8.57. The van der Waals surface area contributed by atoms with Gasteiger partial charge < -0.3 is 4.74 Å². The fourth-order valence-electron chi connectivity index (χ4n) is 3.79. The Morgan fingerprint density at radius 2 is 1.28 bits per heavy atom. The van der Waals surface area contributed by atoms with Gasteiger partial charge in [0.05, 0.1) is 6.61 Å². The number of ether oxygens (including phenoxy) is 1. The molecule has 39 heavy (non-hydrogen) atoms. The Bertz CT molecular complexity index is 1250. The van der Waals surface area contributed by atoms with Gasteiger partial charge in [0.2, 0.25) is 0 Å². The van der Waals surface area contributed by atoms with Crippen molar-refractivity contribution >= 4 is 42.3 Å². The Kier molecular flexibility index (Phi) is 11.5. The van der Waals surface area contributed by atoms with Gasteiger partial charge in [0.25, 0.3) is 0 Å². The van der Waals surface area contributed by atoms with E-state index < -0.39 is 37.5 Å². The topological polar surface area (TPSA) is 69.7 Å². The third-order valence-corrected chi connectivity index (χ3v) is 11.6. The molecule has 0 amide bonds. The van der Waals surface area contributed by atoms with E-state index in [0.717, 1.165) is 30.3 Å². The highest BCUT2D eigenvalue weighted by molar-refractivity contribution is 9.09. The summed E-state index contributed by atoms with van der Waals surface area (Å²) in [4.78, 5) is 12.5. The van der Waals surface area contributed by atoms with Crippen molar-refractivity contribution in [2.75, 3.05) is 11.9 Å². The molecule has 0 aliphatic carbocycles. The normalized spacial score (nSPS) is 12.7. The number of halogens is 4. The molecule has 0 aliphatic heterocycles. The Morgan fingerprint density at radius 1 is 0.769 bits per heavy atom. The Hall–Kier alpha value is -2.34. The minimum Gasteiger partial charge on any atom is -0.460 e. The van der Waals surface area contributed by atoms with Crippen molar-refractivity contribution in [1.82, 2.24) is 0 Å². The van der Waals surface area contributed by atoms with Crippen LogP contribution in [0.4, 0.5) is 13.2 Å². The summed E-state index contributed by atoms with van der Waals surface area (Å²) in [6.07, 6.45) is 2.65. The first-order chi connectivity index (χ1) is 18.6. The highest BCUT2D eigenvalue weighted by Gasteiger charge is 2.58. The van der Waals surface area contributed by atoms with Gasteiger partial charge in [-0.1, -0.05) is 99.7 Å². The molecule has 3 aromatic carbocycles. The summed E-state index contributed by atoms with van der Waals surface area (Å²) in [5.41, 5.74) is 1.25. The second kappa shape index (κ2) is 14.3. The molecule has 212 valence electrons. The van der Waals surface area contributed by atoms with Crippen LogP contribution < -0.4 is 0 Å². The molecule has 0 fully saturated rings. The minimum absolute atomic E-state index is 0.0771. The number of unbranched alkanes of at least 4 members (excludes halogenated alkanes) is 3. The average Bonchev–Trinajstić information content (AvgIpc) is 2.91. The Balaban J connectivity index is 1.98. The predicted octanol–water partition coefficient (Wildman–Crippen LogP) is 7.74. The molecule has 0 saturated carbocycles. The summed E-state index contributed by atoms with van der Waals surface area (Å²) in [7, 11) is -8.99. The maximum atomic E-state index is 15.2. The van der Waals surface area contributed by atoms with Crippen LogP contribution in [0.25, 0.3) is 0 Å². The lowest BCUT2D eigenvalue weighted by Gasteiger charge is -2.39. The molecule has 0 unspecified atom stereocenters. The number of carbonyl (C=O) groups is 1. The van der Waals surface area contributed by atoms with Crippen molar-refractivity contribution in [3.63, 3.8) is 0 Å². The third-order valence-electron chi connectivity index (χ3n) is 5.76. The van der Waals surface area contributed by atoms with Gasteiger partial charge in [-0.25, -0.2) is 12.8 Å². The molecular formula is C28H30BrF3O5S2. The van der Waals surface area contributed by atoms with Gasteiger partial charge in [-0.3, -0.25) is 0 Å². The summed E-state index contributed by atoms with van der Waals surface area (Å²) >= 11 is 3.29. The van der Waals surface area contributed by atoms with E-state index in [1.54, 1.807) is 60.7 Å². The number of esters is 1. The molecule has 0 aliphatic rings. The SMILES string of the molecule is O=C(OCCCCCCBr)C(F)(F)S(=O)(=O)OS(Cc1ccccc1)(Cc1ccccc1)c1ccc(F)cc1. The van der Waals surface area contributed by atoms with Crippen LogP contribution in [0, 0.1) is 5.82 Å². The minimum atomic E-state index is -5.84. The number of hydrogen-bond acceptors (Lipinski definition) is 5.